The zero-order chi connectivity index (χ0) is 13.2. The molecule has 1 aliphatic heterocycles. The third kappa shape index (κ3) is 2.63. The summed E-state index contributed by atoms with van der Waals surface area (Å²) in [5, 5.41) is 14.3. The van der Waals surface area contributed by atoms with Crippen molar-refractivity contribution in [3.05, 3.63) is 44.6 Å². The van der Waals surface area contributed by atoms with Crippen molar-refractivity contribution in [3.8, 4) is 11.5 Å². The van der Waals surface area contributed by atoms with Gasteiger partial charge in [-0.15, -0.1) is 0 Å². The fourth-order valence-electron chi connectivity index (χ4n) is 2.03. The van der Waals surface area contributed by atoms with Crippen molar-refractivity contribution in [2.24, 2.45) is 0 Å². The van der Waals surface area contributed by atoms with E-state index in [0.29, 0.717) is 19.0 Å². The fraction of sp³-hybridized carbons (Fsp3) is 0.286. The third-order valence-corrected chi connectivity index (χ3v) is 4.29. The molecule has 1 aromatic heterocycles. The second-order valence-corrected chi connectivity index (χ2v) is 5.97. The van der Waals surface area contributed by atoms with Gasteiger partial charge in [0, 0.05) is 6.42 Å². The Morgan fingerprint density at radius 1 is 1.21 bits per heavy atom. The van der Waals surface area contributed by atoms with Gasteiger partial charge >= 0.3 is 0 Å². The standard InChI is InChI=1S/C14H13BrO3S/c15-11-6-10(13(16)9-2-5-19-8-9)7-12-14(11)18-4-1-3-17-12/h2,5-8,13,16H,1,3-4H2. The van der Waals surface area contributed by atoms with E-state index < -0.39 is 6.10 Å². The van der Waals surface area contributed by atoms with Gasteiger partial charge < -0.3 is 14.6 Å². The molecule has 1 atom stereocenters. The summed E-state index contributed by atoms with van der Waals surface area (Å²) >= 11 is 5.06. The Morgan fingerprint density at radius 2 is 2.05 bits per heavy atom. The van der Waals surface area contributed by atoms with Gasteiger partial charge in [0.15, 0.2) is 11.5 Å². The van der Waals surface area contributed by atoms with Gasteiger partial charge in [0.2, 0.25) is 0 Å². The Bertz CT molecular complexity index is 568. The SMILES string of the molecule is OC(c1ccsc1)c1cc(Br)c2c(c1)OCCCO2. The Morgan fingerprint density at radius 3 is 2.84 bits per heavy atom. The summed E-state index contributed by atoms with van der Waals surface area (Å²) in [5.41, 5.74) is 1.70. The minimum atomic E-state index is -0.639. The van der Waals surface area contributed by atoms with Gasteiger partial charge in [-0.25, -0.2) is 0 Å². The normalized spacial score (nSPS) is 15.9. The maximum absolute atomic E-state index is 10.4. The number of hydrogen-bond acceptors (Lipinski definition) is 4. The van der Waals surface area contributed by atoms with Crippen LogP contribution in [0.3, 0.4) is 0 Å². The van der Waals surface area contributed by atoms with E-state index in [2.05, 4.69) is 15.9 Å². The number of rotatable bonds is 2. The molecule has 2 heterocycles. The van der Waals surface area contributed by atoms with Crippen LogP contribution in [0.2, 0.25) is 0 Å². The predicted molar refractivity (Wildman–Crippen MR) is 78.1 cm³/mol. The van der Waals surface area contributed by atoms with Crippen LogP contribution in [0.5, 0.6) is 11.5 Å². The summed E-state index contributed by atoms with van der Waals surface area (Å²) in [7, 11) is 0. The first-order valence-corrected chi connectivity index (χ1v) is 7.78. The zero-order valence-corrected chi connectivity index (χ0v) is 12.5. The first-order chi connectivity index (χ1) is 9.25. The minimum absolute atomic E-state index is 0.636. The summed E-state index contributed by atoms with van der Waals surface area (Å²) in [6.45, 7) is 1.29. The van der Waals surface area contributed by atoms with Crippen molar-refractivity contribution in [2.45, 2.75) is 12.5 Å². The highest BCUT2D eigenvalue weighted by Gasteiger charge is 2.19. The van der Waals surface area contributed by atoms with Crippen LogP contribution in [-0.2, 0) is 0 Å². The van der Waals surface area contributed by atoms with Crippen molar-refractivity contribution < 1.29 is 14.6 Å². The molecule has 0 radical (unpaired) electrons. The van der Waals surface area contributed by atoms with Gasteiger partial charge in [-0.3, -0.25) is 0 Å². The number of ether oxygens (including phenoxy) is 2. The number of benzene rings is 1. The van der Waals surface area contributed by atoms with Crippen LogP contribution in [0, 0.1) is 0 Å². The molecule has 2 aromatic rings. The minimum Gasteiger partial charge on any atom is -0.490 e. The van der Waals surface area contributed by atoms with Gasteiger partial charge in [-0.05, 0) is 56.0 Å². The quantitative estimate of drug-likeness (QED) is 0.904. The summed E-state index contributed by atoms with van der Waals surface area (Å²) in [5.74, 6) is 1.41. The molecule has 0 aliphatic carbocycles. The monoisotopic (exact) mass is 340 g/mol. The molecule has 0 saturated heterocycles. The number of fused-ring (bicyclic) bond motifs is 1. The van der Waals surface area contributed by atoms with E-state index >= 15 is 0 Å². The molecule has 0 spiro atoms. The van der Waals surface area contributed by atoms with E-state index in [1.807, 2.05) is 29.0 Å². The van der Waals surface area contributed by atoms with Crippen LogP contribution < -0.4 is 9.47 Å². The smallest absolute Gasteiger partial charge is 0.175 e. The molecule has 0 saturated carbocycles. The molecular formula is C14H13BrO3S. The van der Waals surface area contributed by atoms with Crippen LogP contribution in [0.4, 0.5) is 0 Å². The van der Waals surface area contributed by atoms with Crippen LogP contribution in [0.1, 0.15) is 23.7 Å². The van der Waals surface area contributed by atoms with Crippen molar-refractivity contribution >= 4 is 27.3 Å². The van der Waals surface area contributed by atoms with Crippen LogP contribution >= 0.6 is 27.3 Å². The summed E-state index contributed by atoms with van der Waals surface area (Å²) in [4.78, 5) is 0. The Hall–Kier alpha value is -1.04. The molecule has 0 amide bonds. The lowest BCUT2D eigenvalue weighted by atomic mass is 10.0. The van der Waals surface area contributed by atoms with Crippen molar-refractivity contribution in [1.29, 1.82) is 0 Å². The maximum atomic E-state index is 10.4. The number of hydrogen-bond donors (Lipinski definition) is 1. The molecular weight excluding hydrogens is 328 g/mol. The molecule has 0 fully saturated rings. The summed E-state index contributed by atoms with van der Waals surface area (Å²) in [6, 6.07) is 5.66. The van der Waals surface area contributed by atoms with Crippen molar-refractivity contribution in [1.82, 2.24) is 0 Å². The van der Waals surface area contributed by atoms with E-state index in [9.17, 15) is 5.11 Å². The lowest BCUT2D eigenvalue weighted by Gasteiger charge is -2.15. The summed E-state index contributed by atoms with van der Waals surface area (Å²) < 4.78 is 12.1. The van der Waals surface area contributed by atoms with Crippen molar-refractivity contribution in [2.75, 3.05) is 13.2 Å². The Kier molecular flexibility index (Phi) is 3.77. The number of thiophene rings is 1. The van der Waals surface area contributed by atoms with Crippen molar-refractivity contribution in [3.63, 3.8) is 0 Å². The van der Waals surface area contributed by atoms with Crippen LogP contribution in [0.25, 0.3) is 0 Å². The fourth-order valence-corrected chi connectivity index (χ4v) is 3.28. The van der Waals surface area contributed by atoms with E-state index in [1.54, 1.807) is 11.3 Å². The van der Waals surface area contributed by atoms with E-state index in [0.717, 1.165) is 27.8 Å². The average molecular weight is 341 g/mol. The largest absolute Gasteiger partial charge is 0.490 e. The topological polar surface area (TPSA) is 38.7 Å². The highest BCUT2D eigenvalue weighted by Crippen LogP contribution is 2.40. The van der Waals surface area contributed by atoms with E-state index in [1.165, 1.54) is 0 Å². The molecule has 100 valence electrons. The molecule has 3 rings (SSSR count). The highest BCUT2D eigenvalue weighted by molar-refractivity contribution is 9.10. The second kappa shape index (κ2) is 5.53. The molecule has 19 heavy (non-hydrogen) atoms. The molecule has 1 N–H and O–H groups in total. The lowest BCUT2D eigenvalue weighted by Crippen LogP contribution is -2.00. The molecule has 1 aromatic carbocycles. The molecule has 0 bridgehead atoms. The average Bonchev–Trinajstić information content (AvgIpc) is 2.83. The van der Waals surface area contributed by atoms with Gasteiger partial charge in [-0.2, -0.15) is 11.3 Å². The van der Waals surface area contributed by atoms with Crippen LogP contribution in [0.15, 0.2) is 33.4 Å². The highest BCUT2D eigenvalue weighted by atomic mass is 79.9. The lowest BCUT2D eigenvalue weighted by molar-refractivity contribution is 0.219. The summed E-state index contributed by atoms with van der Waals surface area (Å²) in [6.07, 6.45) is 0.225. The first-order valence-electron chi connectivity index (χ1n) is 6.05. The first kappa shape index (κ1) is 13.0. The van der Waals surface area contributed by atoms with Gasteiger partial charge in [0.05, 0.1) is 17.7 Å². The van der Waals surface area contributed by atoms with Gasteiger partial charge in [-0.1, -0.05) is 0 Å². The maximum Gasteiger partial charge on any atom is 0.175 e. The molecule has 5 heteroatoms. The number of halogens is 1. The Labute approximate surface area is 123 Å². The second-order valence-electron chi connectivity index (χ2n) is 4.34. The van der Waals surface area contributed by atoms with Gasteiger partial charge in [0.1, 0.15) is 6.10 Å². The Balaban J connectivity index is 1.99. The third-order valence-electron chi connectivity index (χ3n) is 3.00. The molecule has 3 nitrogen and oxygen atoms in total. The predicted octanol–water partition coefficient (Wildman–Crippen LogP) is 3.75. The van der Waals surface area contributed by atoms with Crippen LogP contribution in [-0.4, -0.2) is 18.3 Å². The molecule has 1 unspecified atom stereocenters. The van der Waals surface area contributed by atoms with Gasteiger partial charge in [0.25, 0.3) is 0 Å². The molecule has 1 aliphatic rings. The number of aliphatic hydroxyl groups excluding tert-OH is 1. The number of aliphatic hydroxyl groups is 1. The zero-order valence-electron chi connectivity index (χ0n) is 10.1. The van der Waals surface area contributed by atoms with E-state index in [4.69, 9.17) is 9.47 Å². The van der Waals surface area contributed by atoms with E-state index in [-0.39, 0.29) is 0 Å².